The van der Waals surface area contributed by atoms with Gasteiger partial charge in [0.1, 0.15) is 6.54 Å². The number of hydrogen-bond donors (Lipinski definition) is 1. The van der Waals surface area contributed by atoms with Gasteiger partial charge in [0, 0.05) is 13.0 Å². The molecule has 0 aromatic rings. The number of carbonyl (C=O) groups is 1. The molecule has 0 amide bonds. The minimum absolute atomic E-state index is 0. The van der Waals surface area contributed by atoms with Crippen molar-refractivity contribution in [1.82, 2.24) is 4.90 Å². The van der Waals surface area contributed by atoms with Crippen molar-refractivity contribution < 1.29 is 80.0 Å². The summed E-state index contributed by atoms with van der Waals surface area (Å²) in [6.07, 6.45) is 12.8. The van der Waals surface area contributed by atoms with Gasteiger partial charge in [0.15, 0.2) is 0 Å². The summed E-state index contributed by atoms with van der Waals surface area (Å²) in [5.41, 5.74) is 0. The van der Waals surface area contributed by atoms with Gasteiger partial charge in [-0.3, -0.25) is 9.79 Å². The van der Waals surface area contributed by atoms with Crippen LogP contribution in [0.4, 0.5) is 0 Å². The Bertz CT molecular complexity index is 318. The number of aliphatic carboxylic acids is 1. The normalized spacial score (nSPS) is 12.2. The molecule has 132 valence electrons. The average molecular weight is 362 g/mol. The van der Waals surface area contributed by atoms with Crippen molar-refractivity contribution >= 4 is 11.8 Å². The zero-order chi connectivity index (χ0) is 14.6. The average Bonchev–Trinajstić information content (AvgIpc) is 2.83. The van der Waals surface area contributed by atoms with Crippen LogP contribution < -0.4 is 59.1 Å². The summed E-state index contributed by atoms with van der Waals surface area (Å²) in [5.74, 6) is 0.252. The quantitative estimate of drug-likeness (QED) is 0.301. The number of carboxylic acids is 1. The maximum atomic E-state index is 10.7. The second-order valence-corrected chi connectivity index (χ2v) is 5.69. The van der Waals surface area contributed by atoms with E-state index in [0.29, 0.717) is 0 Å². The maximum Gasteiger partial charge on any atom is 1.00 e. The van der Waals surface area contributed by atoms with E-state index in [1.807, 2.05) is 4.90 Å². The molecule has 0 atom stereocenters. The minimum Gasteiger partial charge on any atom is -0.870 e. The van der Waals surface area contributed by atoms with Crippen molar-refractivity contribution in [3.8, 4) is 0 Å². The molecule has 24 heavy (non-hydrogen) atoms. The second kappa shape index (κ2) is 21.9. The van der Waals surface area contributed by atoms with Crippen LogP contribution in [-0.4, -0.2) is 52.4 Å². The number of hydrogen-bond acceptors (Lipinski definition) is 5. The summed E-state index contributed by atoms with van der Waals surface area (Å²) in [5, 5.41) is 8.83. The first-order valence-electron chi connectivity index (χ1n) is 8.24. The van der Waals surface area contributed by atoms with E-state index in [-0.39, 0.29) is 76.6 Å². The zero-order valence-electron chi connectivity index (χ0n) is 15.8. The first-order valence-corrected chi connectivity index (χ1v) is 8.24. The van der Waals surface area contributed by atoms with Crippen LogP contribution in [0.2, 0.25) is 0 Å². The van der Waals surface area contributed by atoms with E-state index in [1.165, 1.54) is 51.4 Å². The van der Waals surface area contributed by atoms with Crippen LogP contribution in [0, 0.1) is 0 Å². The Kier molecular flexibility index (Phi) is 29.7. The van der Waals surface area contributed by atoms with E-state index in [0.717, 1.165) is 31.8 Å². The van der Waals surface area contributed by atoms with E-state index in [4.69, 9.17) is 5.11 Å². The molecule has 0 saturated carbocycles. The van der Waals surface area contributed by atoms with Gasteiger partial charge in [0.05, 0.1) is 12.4 Å². The Morgan fingerprint density at radius 3 is 2.00 bits per heavy atom. The van der Waals surface area contributed by atoms with Crippen molar-refractivity contribution in [2.24, 2.45) is 4.99 Å². The Morgan fingerprint density at radius 2 is 1.50 bits per heavy atom. The largest absolute Gasteiger partial charge is 1.00 e. The molecular weight excluding hydrogens is 330 g/mol. The van der Waals surface area contributed by atoms with Gasteiger partial charge < -0.3 is 21.0 Å². The number of carboxylic acid groups (broad SMARTS) is 1. The SMILES string of the molecule is CCCCCCCCCCCC1=NCCN1CC(=O)O.[Na+].[Na+].[OH-].[OH-]. The van der Waals surface area contributed by atoms with Gasteiger partial charge in [0.2, 0.25) is 0 Å². The molecule has 0 fully saturated rings. The standard InChI is InChI=1S/C16H30N2O2.2Na.2H2O/c1-2-3-4-5-6-7-8-9-10-11-15-17-12-13-18(15)14-16(19)20;;;;/h2-14H2,1H3,(H,19,20);;;2*1H2/q;2*+1;;/p-2. The Labute approximate surface area is 191 Å². The molecule has 0 aromatic heterocycles. The fraction of sp³-hybridized carbons (Fsp3) is 0.875. The third kappa shape index (κ3) is 16.3. The van der Waals surface area contributed by atoms with Gasteiger partial charge in [-0.25, -0.2) is 0 Å². The van der Waals surface area contributed by atoms with E-state index >= 15 is 0 Å². The number of rotatable bonds is 12. The van der Waals surface area contributed by atoms with E-state index < -0.39 is 5.97 Å². The van der Waals surface area contributed by atoms with Gasteiger partial charge in [0.25, 0.3) is 0 Å². The monoisotopic (exact) mass is 362 g/mol. The molecule has 0 spiro atoms. The molecule has 1 aliphatic heterocycles. The first-order chi connectivity index (χ1) is 9.74. The molecule has 0 bridgehead atoms. The van der Waals surface area contributed by atoms with Crippen LogP contribution in [0.5, 0.6) is 0 Å². The Hall–Kier alpha value is 0.860. The van der Waals surface area contributed by atoms with Crippen molar-refractivity contribution in [3.05, 3.63) is 0 Å². The van der Waals surface area contributed by atoms with Gasteiger partial charge in [-0.1, -0.05) is 58.3 Å². The number of amidine groups is 1. The fourth-order valence-electron chi connectivity index (χ4n) is 2.69. The topological polar surface area (TPSA) is 113 Å². The van der Waals surface area contributed by atoms with Gasteiger partial charge in [-0.15, -0.1) is 0 Å². The molecule has 1 aliphatic rings. The summed E-state index contributed by atoms with van der Waals surface area (Å²) < 4.78 is 0. The van der Waals surface area contributed by atoms with E-state index in [1.54, 1.807) is 0 Å². The molecule has 0 unspecified atom stereocenters. The van der Waals surface area contributed by atoms with Gasteiger partial charge in [-0.2, -0.15) is 0 Å². The molecule has 1 rings (SSSR count). The van der Waals surface area contributed by atoms with Crippen molar-refractivity contribution in [2.45, 2.75) is 71.1 Å². The summed E-state index contributed by atoms with van der Waals surface area (Å²) in [7, 11) is 0. The molecular formula is C16H32N2Na2O4. The third-order valence-electron chi connectivity index (χ3n) is 3.86. The van der Waals surface area contributed by atoms with Crippen LogP contribution in [0.3, 0.4) is 0 Å². The molecule has 3 N–H and O–H groups in total. The fourth-order valence-corrected chi connectivity index (χ4v) is 2.69. The molecule has 0 radical (unpaired) electrons. The van der Waals surface area contributed by atoms with Crippen LogP contribution in [-0.2, 0) is 4.79 Å². The molecule has 1 heterocycles. The minimum atomic E-state index is -0.758. The molecule has 0 saturated heterocycles. The van der Waals surface area contributed by atoms with Crippen LogP contribution in [0.15, 0.2) is 4.99 Å². The summed E-state index contributed by atoms with van der Waals surface area (Å²) >= 11 is 0. The van der Waals surface area contributed by atoms with E-state index in [9.17, 15) is 4.79 Å². The maximum absolute atomic E-state index is 10.7. The number of nitrogens with zero attached hydrogens (tertiary/aromatic N) is 2. The molecule has 6 nitrogen and oxygen atoms in total. The number of unbranched alkanes of at least 4 members (excludes halogenated alkanes) is 8. The van der Waals surface area contributed by atoms with Gasteiger partial charge >= 0.3 is 65.1 Å². The van der Waals surface area contributed by atoms with Crippen LogP contribution in [0.1, 0.15) is 71.1 Å². The Morgan fingerprint density at radius 1 is 1.00 bits per heavy atom. The van der Waals surface area contributed by atoms with Gasteiger partial charge in [-0.05, 0) is 6.42 Å². The predicted octanol–water partition coefficient (Wildman–Crippen LogP) is -2.64. The third-order valence-corrected chi connectivity index (χ3v) is 3.86. The van der Waals surface area contributed by atoms with E-state index in [2.05, 4.69) is 11.9 Å². The van der Waals surface area contributed by atoms with Crippen LogP contribution in [0.25, 0.3) is 0 Å². The first kappa shape index (κ1) is 32.5. The summed E-state index contributed by atoms with van der Waals surface area (Å²) in [6.45, 7) is 3.90. The van der Waals surface area contributed by atoms with Crippen molar-refractivity contribution in [1.29, 1.82) is 0 Å². The smallest absolute Gasteiger partial charge is 0.870 e. The van der Waals surface area contributed by atoms with Crippen molar-refractivity contribution in [3.63, 3.8) is 0 Å². The second-order valence-electron chi connectivity index (χ2n) is 5.69. The molecule has 0 aliphatic carbocycles. The van der Waals surface area contributed by atoms with Crippen molar-refractivity contribution in [2.75, 3.05) is 19.6 Å². The zero-order valence-corrected chi connectivity index (χ0v) is 19.8. The summed E-state index contributed by atoms with van der Waals surface area (Å²) in [4.78, 5) is 17.1. The molecule has 0 aromatic carbocycles. The summed E-state index contributed by atoms with van der Waals surface area (Å²) in [6, 6.07) is 0. The Balaban J connectivity index is -0.000000500. The number of aliphatic imine (C=N–C) groups is 1. The molecule has 8 heteroatoms. The predicted molar refractivity (Wildman–Crippen MR) is 87.2 cm³/mol. The van der Waals surface area contributed by atoms with Crippen LogP contribution >= 0.6 is 0 Å².